The second-order valence-electron chi connectivity index (χ2n) is 4.09. The minimum Gasteiger partial charge on any atom is -0.391 e. The number of carbonyl (C=O) groups is 2. The molecule has 1 aromatic rings. The Morgan fingerprint density at radius 1 is 1.30 bits per heavy atom. The zero-order chi connectivity index (χ0) is 15.1. The summed E-state index contributed by atoms with van der Waals surface area (Å²) in [5, 5.41) is 20.0. The molecule has 7 heteroatoms. The van der Waals surface area contributed by atoms with E-state index in [0.29, 0.717) is 5.56 Å². The van der Waals surface area contributed by atoms with Gasteiger partial charge in [0.25, 0.3) is 5.91 Å². The summed E-state index contributed by atoms with van der Waals surface area (Å²) in [6, 6.07) is 4.17. The molecule has 20 heavy (non-hydrogen) atoms. The van der Waals surface area contributed by atoms with Crippen LogP contribution in [0.15, 0.2) is 30.3 Å². The lowest BCUT2D eigenvalue weighted by atomic mass is 10.1. The molecule has 2 amide bonds. The minimum atomic E-state index is -1.27. The van der Waals surface area contributed by atoms with Crippen LogP contribution in [0.5, 0.6) is 0 Å². The molecule has 0 saturated carbocycles. The Morgan fingerprint density at radius 2 is 1.90 bits per heavy atom. The van der Waals surface area contributed by atoms with Crippen LogP contribution in [0.25, 0.3) is 6.08 Å². The number of rotatable bonds is 5. The fraction of sp³-hybridized carbons (Fsp3) is 0.231. The minimum absolute atomic E-state index is 0.389. The molecular formula is C13H15FN2O4. The molecule has 0 aliphatic rings. The van der Waals surface area contributed by atoms with Gasteiger partial charge in [0.15, 0.2) is 0 Å². The summed E-state index contributed by atoms with van der Waals surface area (Å²) in [4.78, 5) is 22.8. The van der Waals surface area contributed by atoms with Gasteiger partial charge in [0.2, 0.25) is 5.91 Å². The molecule has 6 nitrogen and oxygen atoms in total. The van der Waals surface area contributed by atoms with Gasteiger partial charge >= 0.3 is 0 Å². The third-order valence-corrected chi connectivity index (χ3v) is 2.47. The molecule has 0 aliphatic carbocycles. The van der Waals surface area contributed by atoms with Gasteiger partial charge in [-0.25, -0.2) is 9.87 Å². The summed E-state index contributed by atoms with van der Waals surface area (Å²) in [6.45, 7) is 1.30. The van der Waals surface area contributed by atoms with Crippen molar-refractivity contribution in [2.75, 3.05) is 0 Å². The van der Waals surface area contributed by atoms with E-state index in [1.54, 1.807) is 0 Å². The van der Waals surface area contributed by atoms with Gasteiger partial charge in [-0.3, -0.25) is 14.8 Å². The van der Waals surface area contributed by atoms with Crippen molar-refractivity contribution in [2.24, 2.45) is 0 Å². The monoisotopic (exact) mass is 282 g/mol. The molecule has 1 aromatic carbocycles. The SMILES string of the molecule is C[C@@H](O)[C@H](NC(=O)C=Cc1ccc(F)cc1)C(=O)NO. The van der Waals surface area contributed by atoms with Crippen LogP contribution in [-0.4, -0.2) is 34.3 Å². The predicted octanol–water partition coefficient (Wildman–Crippen LogP) is 0.210. The number of hydroxylamine groups is 1. The van der Waals surface area contributed by atoms with Gasteiger partial charge < -0.3 is 10.4 Å². The average Bonchev–Trinajstić information content (AvgIpc) is 2.43. The van der Waals surface area contributed by atoms with Crippen molar-refractivity contribution in [3.63, 3.8) is 0 Å². The third kappa shape index (κ3) is 4.79. The van der Waals surface area contributed by atoms with Crippen LogP contribution in [0.2, 0.25) is 0 Å². The maximum absolute atomic E-state index is 12.7. The van der Waals surface area contributed by atoms with Gasteiger partial charge in [-0.2, -0.15) is 0 Å². The van der Waals surface area contributed by atoms with E-state index in [-0.39, 0.29) is 5.82 Å². The molecule has 0 spiro atoms. The predicted molar refractivity (Wildman–Crippen MR) is 69.0 cm³/mol. The van der Waals surface area contributed by atoms with Crippen molar-refractivity contribution in [1.82, 2.24) is 10.8 Å². The highest BCUT2D eigenvalue weighted by molar-refractivity contribution is 5.95. The Kier molecular flexibility index (Phi) is 5.82. The smallest absolute Gasteiger partial charge is 0.268 e. The summed E-state index contributed by atoms with van der Waals surface area (Å²) in [5.41, 5.74) is 1.95. The van der Waals surface area contributed by atoms with E-state index in [9.17, 15) is 19.1 Å². The van der Waals surface area contributed by atoms with Crippen molar-refractivity contribution in [3.05, 3.63) is 41.7 Å². The molecule has 108 valence electrons. The van der Waals surface area contributed by atoms with Crippen molar-refractivity contribution >= 4 is 17.9 Å². The zero-order valence-corrected chi connectivity index (χ0v) is 10.7. The van der Waals surface area contributed by atoms with E-state index in [4.69, 9.17) is 5.21 Å². The highest BCUT2D eigenvalue weighted by Crippen LogP contribution is 2.04. The number of benzene rings is 1. The number of aliphatic hydroxyl groups excluding tert-OH is 1. The summed E-state index contributed by atoms with van der Waals surface area (Å²) in [7, 11) is 0. The normalized spacial score (nSPS) is 13.8. The van der Waals surface area contributed by atoms with E-state index >= 15 is 0 Å². The van der Waals surface area contributed by atoms with E-state index in [2.05, 4.69) is 5.32 Å². The fourth-order valence-electron chi connectivity index (χ4n) is 1.42. The van der Waals surface area contributed by atoms with Crippen LogP contribution in [0, 0.1) is 5.82 Å². The number of hydrogen-bond donors (Lipinski definition) is 4. The Bertz CT molecular complexity index is 500. The van der Waals surface area contributed by atoms with Crippen molar-refractivity contribution < 1.29 is 24.3 Å². The van der Waals surface area contributed by atoms with Crippen molar-refractivity contribution in [2.45, 2.75) is 19.1 Å². The van der Waals surface area contributed by atoms with E-state index < -0.39 is 24.0 Å². The maximum atomic E-state index is 12.7. The van der Waals surface area contributed by atoms with E-state index in [1.807, 2.05) is 0 Å². The largest absolute Gasteiger partial charge is 0.391 e. The van der Waals surface area contributed by atoms with Gasteiger partial charge in [0, 0.05) is 6.08 Å². The molecule has 0 aliphatic heterocycles. The average molecular weight is 282 g/mol. The number of nitrogens with one attached hydrogen (secondary N) is 2. The Hall–Kier alpha value is -2.25. The second kappa shape index (κ2) is 7.37. The number of aliphatic hydroxyl groups is 1. The van der Waals surface area contributed by atoms with Crippen LogP contribution in [0.3, 0.4) is 0 Å². The standard InChI is InChI=1S/C13H15FN2O4/c1-8(17)12(13(19)16-20)15-11(18)7-4-9-2-5-10(14)6-3-9/h2-8,12,17,20H,1H3,(H,15,18)(H,16,19)/t8-,12+/m1/s1. The third-order valence-electron chi connectivity index (χ3n) is 2.47. The first-order valence-corrected chi connectivity index (χ1v) is 5.80. The number of amides is 2. The highest BCUT2D eigenvalue weighted by Gasteiger charge is 2.24. The molecule has 0 aromatic heterocycles. The van der Waals surface area contributed by atoms with Crippen molar-refractivity contribution in [3.8, 4) is 0 Å². The first-order valence-electron chi connectivity index (χ1n) is 5.80. The Morgan fingerprint density at radius 3 is 2.40 bits per heavy atom. The van der Waals surface area contributed by atoms with Gasteiger partial charge in [-0.15, -0.1) is 0 Å². The van der Waals surface area contributed by atoms with Gasteiger partial charge in [0.05, 0.1) is 6.10 Å². The topological polar surface area (TPSA) is 98.7 Å². The fourth-order valence-corrected chi connectivity index (χ4v) is 1.42. The highest BCUT2D eigenvalue weighted by atomic mass is 19.1. The van der Waals surface area contributed by atoms with Crippen LogP contribution < -0.4 is 10.8 Å². The van der Waals surface area contributed by atoms with E-state index in [0.717, 1.165) is 6.08 Å². The zero-order valence-electron chi connectivity index (χ0n) is 10.7. The molecule has 1 rings (SSSR count). The molecule has 0 unspecified atom stereocenters. The maximum Gasteiger partial charge on any atom is 0.268 e. The molecule has 0 fully saturated rings. The lowest BCUT2D eigenvalue weighted by molar-refractivity contribution is -0.136. The summed E-state index contributed by atoms with van der Waals surface area (Å²) in [6.07, 6.45) is 1.38. The lowest BCUT2D eigenvalue weighted by Crippen LogP contribution is -2.51. The number of carbonyl (C=O) groups excluding carboxylic acids is 2. The lowest BCUT2D eigenvalue weighted by Gasteiger charge is -2.18. The Labute approximate surface area is 114 Å². The van der Waals surface area contributed by atoms with Gasteiger partial charge in [-0.1, -0.05) is 12.1 Å². The van der Waals surface area contributed by atoms with Gasteiger partial charge in [-0.05, 0) is 30.7 Å². The molecule has 0 radical (unpaired) electrons. The van der Waals surface area contributed by atoms with Crippen molar-refractivity contribution in [1.29, 1.82) is 0 Å². The summed E-state index contributed by atoms with van der Waals surface area (Å²) >= 11 is 0. The molecular weight excluding hydrogens is 267 g/mol. The number of hydrogen-bond acceptors (Lipinski definition) is 4. The van der Waals surface area contributed by atoms with Gasteiger partial charge in [0.1, 0.15) is 11.9 Å². The summed E-state index contributed by atoms with van der Waals surface area (Å²) in [5.74, 6) is -1.95. The molecule has 4 N–H and O–H groups in total. The molecule has 0 bridgehead atoms. The summed E-state index contributed by atoms with van der Waals surface area (Å²) < 4.78 is 12.7. The number of halogens is 1. The van der Waals surface area contributed by atoms with Crippen LogP contribution in [-0.2, 0) is 9.59 Å². The first kappa shape index (κ1) is 15.8. The Balaban J connectivity index is 2.66. The van der Waals surface area contributed by atoms with E-state index in [1.165, 1.54) is 42.7 Å². The van der Waals surface area contributed by atoms with Crippen LogP contribution in [0.4, 0.5) is 4.39 Å². The van der Waals surface area contributed by atoms with Crippen LogP contribution >= 0.6 is 0 Å². The van der Waals surface area contributed by atoms with Crippen LogP contribution in [0.1, 0.15) is 12.5 Å². The molecule has 0 heterocycles. The molecule has 0 saturated heterocycles. The first-order chi connectivity index (χ1) is 9.43. The second-order valence-corrected chi connectivity index (χ2v) is 4.09. The quantitative estimate of drug-likeness (QED) is 0.352. The molecule has 2 atom stereocenters.